The molecule has 0 saturated heterocycles. The van der Waals surface area contributed by atoms with E-state index in [9.17, 15) is 18.0 Å². The summed E-state index contributed by atoms with van der Waals surface area (Å²) in [5.41, 5.74) is 1.32. The van der Waals surface area contributed by atoms with Gasteiger partial charge >= 0.3 is 0 Å². The maximum absolute atomic E-state index is 12.9. The normalized spacial score (nSPS) is 16.1. The molecule has 2 aliphatic heterocycles. The van der Waals surface area contributed by atoms with Crippen LogP contribution in [-0.2, 0) is 26.0 Å². The maximum Gasteiger partial charge on any atom is 0.231 e. The lowest BCUT2D eigenvalue weighted by atomic mass is 10.1. The van der Waals surface area contributed by atoms with Crippen LogP contribution in [-0.4, -0.2) is 38.5 Å². The van der Waals surface area contributed by atoms with Gasteiger partial charge in [0.05, 0.1) is 16.3 Å². The third-order valence-corrected chi connectivity index (χ3v) is 7.98. The number of hydrogen-bond donors (Lipinski definition) is 2. The summed E-state index contributed by atoms with van der Waals surface area (Å²) in [5, 5.41) is 5.51. The molecule has 0 saturated carbocycles. The Morgan fingerprint density at radius 3 is 2.84 bits per heavy atom. The number of anilines is 1. The Hall–Kier alpha value is -2.72. The van der Waals surface area contributed by atoms with Crippen molar-refractivity contribution in [3.05, 3.63) is 42.0 Å². The highest BCUT2D eigenvalue weighted by Crippen LogP contribution is 2.34. The van der Waals surface area contributed by atoms with Crippen LogP contribution >= 0.6 is 11.8 Å². The molecule has 2 N–H and O–H groups in total. The van der Waals surface area contributed by atoms with Gasteiger partial charge in [0, 0.05) is 29.5 Å². The molecule has 10 heteroatoms. The summed E-state index contributed by atoms with van der Waals surface area (Å²) < 4.78 is 36.3. The average Bonchev–Trinajstić information content (AvgIpc) is 3.11. The van der Waals surface area contributed by atoms with E-state index in [1.54, 1.807) is 25.1 Å². The topological polar surface area (TPSA) is 111 Å². The minimum Gasteiger partial charge on any atom is -0.454 e. The summed E-state index contributed by atoms with van der Waals surface area (Å²) >= 11 is 1.50. The Labute approximate surface area is 184 Å². The van der Waals surface area contributed by atoms with E-state index in [0.717, 1.165) is 10.5 Å². The zero-order valence-corrected chi connectivity index (χ0v) is 18.5. The highest BCUT2D eigenvalue weighted by molar-refractivity contribution is 7.99. The van der Waals surface area contributed by atoms with E-state index in [4.69, 9.17) is 9.47 Å². The zero-order chi connectivity index (χ0) is 22.0. The van der Waals surface area contributed by atoms with E-state index in [-0.39, 0.29) is 35.8 Å². The number of rotatable bonds is 6. The van der Waals surface area contributed by atoms with Gasteiger partial charge in [0.1, 0.15) is 0 Å². The number of sulfone groups is 1. The molecule has 2 heterocycles. The average molecular weight is 463 g/mol. The zero-order valence-electron chi connectivity index (χ0n) is 16.8. The first-order valence-corrected chi connectivity index (χ1v) is 12.4. The third-order valence-electron chi connectivity index (χ3n) is 4.99. The second kappa shape index (κ2) is 8.80. The molecule has 0 unspecified atom stereocenters. The van der Waals surface area contributed by atoms with Crippen LogP contribution in [0.2, 0.25) is 0 Å². The molecule has 8 nitrogen and oxygen atoms in total. The van der Waals surface area contributed by atoms with Crippen LogP contribution in [0.5, 0.6) is 11.5 Å². The predicted octanol–water partition coefficient (Wildman–Crippen LogP) is 2.58. The number of hydrogen-bond acceptors (Lipinski definition) is 7. The summed E-state index contributed by atoms with van der Waals surface area (Å²) in [4.78, 5) is 25.2. The highest BCUT2D eigenvalue weighted by Gasteiger charge is 2.25. The van der Waals surface area contributed by atoms with Gasteiger partial charge in [0.2, 0.25) is 18.6 Å². The number of benzene rings is 2. The Morgan fingerprint density at radius 1 is 1.19 bits per heavy atom. The van der Waals surface area contributed by atoms with Crippen molar-refractivity contribution in [3.63, 3.8) is 0 Å². The Kier molecular flexibility index (Phi) is 6.10. The fraction of sp³-hybridized carbons (Fsp3) is 0.333. The molecule has 0 aromatic heterocycles. The lowest BCUT2D eigenvalue weighted by Crippen LogP contribution is -2.32. The first kappa shape index (κ1) is 21.5. The van der Waals surface area contributed by atoms with Gasteiger partial charge in [-0.15, -0.1) is 11.8 Å². The number of fused-ring (bicyclic) bond motifs is 2. The number of amides is 2. The molecule has 0 bridgehead atoms. The van der Waals surface area contributed by atoms with Gasteiger partial charge in [-0.05, 0) is 35.9 Å². The Morgan fingerprint density at radius 2 is 2.00 bits per heavy atom. The summed E-state index contributed by atoms with van der Waals surface area (Å²) in [5.74, 6) is 0.338. The van der Waals surface area contributed by atoms with E-state index < -0.39 is 15.8 Å². The van der Waals surface area contributed by atoms with Crippen molar-refractivity contribution in [2.24, 2.45) is 5.92 Å². The quantitative estimate of drug-likeness (QED) is 0.679. The van der Waals surface area contributed by atoms with Crippen LogP contribution in [0, 0.1) is 5.92 Å². The van der Waals surface area contributed by atoms with Gasteiger partial charge in [-0.25, -0.2) is 8.42 Å². The standard InChI is InChI=1S/C21H22N2O6S2/c1-13(21(25)22-10-14-2-4-17-18(8-14)29-12-28-17)11-31(26,27)15-3-5-19-16(9-15)23-20(24)6-7-30-19/h2-5,8-9,13H,6-7,10-12H2,1H3,(H,22,25)(H,23,24)/t13-/m1/s1. The molecule has 0 fully saturated rings. The summed E-state index contributed by atoms with van der Waals surface area (Å²) in [6, 6.07) is 10.1. The lowest BCUT2D eigenvalue weighted by Gasteiger charge is -2.14. The van der Waals surface area contributed by atoms with Crippen LogP contribution in [0.25, 0.3) is 0 Å². The van der Waals surface area contributed by atoms with E-state index >= 15 is 0 Å². The SMILES string of the molecule is C[C@H](CS(=O)(=O)c1ccc2c(c1)NC(=O)CCS2)C(=O)NCc1ccc2c(c1)OCO2. The highest BCUT2D eigenvalue weighted by atomic mass is 32.2. The summed E-state index contributed by atoms with van der Waals surface area (Å²) in [6.45, 7) is 2.00. The van der Waals surface area contributed by atoms with Crippen molar-refractivity contribution < 1.29 is 27.5 Å². The second-order valence-corrected chi connectivity index (χ2v) is 10.6. The van der Waals surface area contributed by atoms with E-state index in [0.29, 0.717) is 29.4 Å². The van der Waals surface area contributed by atoms with Crippen LogP contribution in [0.4, 0.5) is 5.69 Å². The lowest BCUT2D eigenvalue weighted by molar-refractivity contribution is -0.124. The summed E-state index contributed by atoms with van der Waals surface area (Å²) in [7, 11) is -3.72. The van der Waals surface area contributed by atoms with Gasteiger partial charge in [0.15, 0.2) is 21.3 Å². The van der Waals surface area contributed by atoms with Gasteiger partial charge in [0.25, 0.3) is 0 Å². The molecule has 2 aromatic rings. The molecule has 2 amide bonds. The molecule has 164 valence electrons. The predicted molar refractivity (Wildman–Crippen MR) is 116 cm³/mol. The molecular formula is C21H22N2O6S2. The molecule has 0 radical (unpaired) electrons. The number of carbonyl (C=O) groups is 2. The molecule has 31 heavy (non-hydrogen) atoms. The van der Waals surface area contributed by atoms with Crippen LogP contribution in [0.1, 0.15) is 18.9 Å². The monoisotopic (exact) mass is 462 g/mol. The number of nitrogens with one attached hydrogen (secondary N) is 2. The number of carbonyl (C=O) groups excluding carboxylic acids is 2. The fourth-order valence-electron chi connectivity index (χ4n) is 3.31. The molecule has 2 aliphatic rings. The van der Waals surface area contributed by atoms with Gasteiger partial charge < -0.3 is 20.1 Å². The van der Waals surface area contributed by atoms with E-state index in [1.807, 2.05) is 6.07 Å². The molecule has 0 spiro atoms. The van der Waals surface area contributed by atoms with Crippen LogP contribution < -0.4 is 20.1 Å². The minimum absolute atomic E-state index is 0.0875. The first-order valence-electron chi connectivity index (χ1n) is 9.77. The Bertz CT molecular complexity index is 1130. The number of thioether (sulfide) groups is 1. The van der Waals surface area contributed by atoms with Crippen molar-refractivity contribution >= 4 is 39.1 Å². The van der Waals surface area contributed by atoms with Gasteiger partial charge in [-0.2, -0.15) is 0 Å². The molecule has 4 rings (SSSR count). The smallest absolute Gasteiger partial charge is 0.231 e. The van der Waals surface area contributed by atoms with Crippen LogP contribution in [0.15, 0.2) is 46.2 Å². The summed E-state index contributed by atoms with van der Waals surface area (Å²) in [6.07, 6.45) is 0.377. The maximum atomic E-state index is 12.9. The fourth-order valence-corrected chi connectivity index (χ4v) is 5.82. The molecule has 1 atom stereocenters. The van der Waals surface area contributed by atoms with E-state index in [2.05, 4.69) is 10.6 Å². The first-order chi connectivity index (χ1) is 14.8. The van der Waals surface area contributed by atoms with Gasteiger partial charge in [-0.1, -0.05) is 13.0 Å². The Balaban J connectivity index is 1.39. The van der Waals surface area contributed by atoms with Crippen molar-refractivity contribution in [2.75, 3.05) is 23.6 Å². The second-order valence-electron chi connectivity index (χ2n) is 7.39. The van der Waals surface area contributed by atoms with Crippen molar-refractivity contribution in [1.29, 1.82) is 0 Å². The van der Waals surface area contributed by atoms with Crippen molar-refractivity contribution in [3.8, 4) is 11.5 Å². The molecule has 2 aromatic carbocycles. The van der Waals surface area contributed by atoms with Crippen LogP contribution in [0.3, 0.4) is 0 Å². The van der Waals surface area contributed by atoms with Crippen molar-refractivity contribution in [1.82, 2.24) is 5.32 Å². The third kappa shape index (κ3) is 4.96. The molecule has 0 aliphatic carbocycles. The molecular weight excluding hydrogens is 440 g/mol. The van der Waals surface area contributed by atoms with Gasteiger partial charge in [-0.3, -0.25) is 9.59 Å². The number of ether oxygens (including phenoxy) is 2. The van der Waals surface area contributed by atoms with Crippen molar-refractivity contribution in [2.45, 2.75) is 29.7 Å². The van der Waals surface area contributed by atoms with E-state index in [1.165, 1.54) is 23.9 Å². The minimum atomic E-state index is -3.72. The largest absolute Gasteiger partial charge is 0.454 e.